The third-order valence-corrected chi connectivity index (χ3v) is 3.10. The van der Waals surface area contributed by atoms with Crippen LogP contribution in [0.3, 0.4) is 0 Å². The lowest BCUT2D eigenvalue weighted by atomic mass is 10.0. The van der Waals surface area contributed by atoms with Crippen LogP contribution in [0.5, 0.6) is 0 Å². The lowest BCUT2D eigenvalue weighted by Crippen LogP contribution is -2.11. The first-order chi connectivity index (χ1) is 8.80. The number of hydrazine groups is 1. The molecule has 2 rings (SSSR count). The number of ether oxygens (including phenoxy) is 1. The predicted molar refractivity (Wildman–Crippen MR) is 74.5 cm³/mol. The maximum absolute atomic E-state index is 5.53. The zero-order chi connectivity index (χ0) is 13.0. The molecular weight excluding hydrogens is 226 g/mol. The average molecular weight is 245 g/mol. The van der Waals surface area contributed by atoms with Gasteiger partial charge in [-0.3, -0.25) is 0 Å². The molecule has 0 aliphatic rings. The van der Waals surface area contributed by atoms with E-state index in [1.807, 2.05) is 0 Å². The molecule has 0 bridgehead atoms. The van der Waals surface area contributed by atoms with Gasteiger partial charge in [0.25, 0.3) is 0 Å². The van der Waals surface area contributed by atoms with Gasteiger partial charge in [-0.15, -0.1) is 0 Å². The molecule has 0 saturated carbocycles. The minimum Gasteiger partial charge on any atom is -0.384 e. The van der Waals surface area contributed by atoms with Crippen LogP contribution in [0, 0.1) is 0 Å². The number of para-hydroxylation sites is 1. The third-order valence-electron chi connectivity index (χ3n) is 3.10. The smallest absolute Gasteiger partial charge is 0.143 e. The quantitative estimate of drug-likeness (QED) is 0.626. The SMILES string of the molecule is CCc1cc2cccc(CCOC)c2nc1NN. The summed E-state index contributed by atoms with van der Waals surface area (Å²) in [5.41, 5.74) is 6.00. The Morgan fingerprint density at radius 1 is 1.33 bits per heavy atom. The normalized spacial score (nSPS) is 10.8. The number of nitrogens with one attached hydrogen (secondary N) is 1. The van der Waals surface area contributed by atoms with Crippen LogP contribution in [0.4, 0.5) is 5.82 Å². The zero-order valence-electron chi connectivity index (χ0n) is 10.9. The Hall–Kier alpha value is -1.65. The largest absolute Gasteiger partial charge is 0.384 e. The van der Waals surface area contributed by atoms with Gasteiger partial charge in [0.2, 0.25) is 0 Å². The summed E-state index contributed by atoms with van der Waals surface area (Å²) in [6.45, 7) is 2.79. The van der Waals surface area contributed by atoms with Gasteiger partial charge in [0, 0.05) is 12.5 Å². The van der Waals surface area contributed by atoms with Gasteiger partial charge in [-0.25, -0.2) is 10.8 Å². The Morgan fingerprint density at radius 2 is 2.17 bits per heavy atom. The highest BCUT2D eigenvalue weighted by atomic mass is 16.5. The molecule has 3 N–H and O–H groups in total. The molecule has 1 heterocycles. The molecule has 96 valence electrons. The number of nitrogen functional groups attached to an aromatic ring is 1. The molecule has 1 aromatic carbocycles. The number of aromatic nitrogens is 1. The maximum atomic E-state index is 5.53. The second-order valence-electron chi connectivity index (χ2n) is 4.23. The fraction of sp³-hybridized carbons (Fsp3) is 0.357. The molecule has 0 aliphatic heterocycles. The van der Waals surface area contributed by atoms with Crippen molar-refractivity contribution >= 4 is 16.7 Å². The second-order valence-corrected chi connectivity index (χ2v) is 4.23. The topological polar surface area (TPSA) is 60.2 Å². The number of nitrogens with two attached hydrogens (primary N) is 1. The molecule has 0 unspecified atom stereocenters. The highest BCUT2D eigenvalue weighted by molar-refractivity contribution is 5.84. The van der Waals surface area contributed by atoms with Crippen LogP contribution in [-0.2, 0) is 17.6 Å². The molecule has 0 amide bonds. The molecule has 0 radical (unpaired) electrons. The Kier molecular flexibility index (Phi) is 4.12. The summed E-state index contributed by atoms with van der Waals surface area (Å²) >= 11 is 0. The number of pyridine rings is 1. The van der Waals surface area contributed by atoms with E-state index in [0.717, 1.165) is 35.1 Å². The number of hydrogen-bond acceptors (Lipinski definition) is 4. The van der Waals surface area contributed by atoms with Gasteiger partial charge in [-0.2, -0.15) is 0 Å². The lowest BCUT2D eigenvalue weighted by molar-refractivity contribution is 0.202. The van der Waals surface area contributed by atoms with E-state index in [1.54, 1.807) is 7.11 Å². The standard InChI is InChI=1S/C14H19N3O/c1-3-10-9-12-6-4-5-11(7-8-18-2)13(12)16-14(10)17-15/h4-6,9H,3,7-8,15H2,1-2H3,(H,16,17). The van der Waals surface area contributed by atoms with Crippen LogP contribution < -0.4 is 11.3 Å². The zero-order valence-corrected chi connectivity index (χ0v) is 10.9. The molecule has 18 heavy (non-hydrogen) atoms. The number of methoxy groups -OCH3 is 1. The molecule has 0 fully saturated rings. The monoisotopic (exact) mass is 245 g/mol. The molecule has 2 aromatic rings. The number of nitrogens with zero attached hydrogens (tertiary/aromatic N) is 1. The van der Waals surface area contributed by atoms with Crippen LogP contribution in [0.1, 0.15) is 18.1 Å². The Bertz CT molecular complexity index is 540. The number of anilines is 1. The summed E-state index contributed by atoms with van der Waals surface area (Å²) in [7, 11) is 1.71. The first-order valence-corrected chi connectivity index (χ1v) is 6.17. The maximum Gasteiger partial charge on any atom is 0.143 e. The van der Waals surface area contributed by atoms with Crippen molar-refractivity contribution in [3.05, 3.63) is 35.4 Å². The molecule has 4 heteroatoms. The van der Waals surface area contributed by atoms with E-state index in [1.165, 1.54) is 5.56 Å². The first kappa shape index (κ1) is 12.8. The van der Waals surface area contributed by atoms with Gasteiger partial charge in [-0.05, 0) is 30.0 Å². The van der Waals surface area contributed by atoms with Crippen molar-refractivity contribution in [1.82, 2.24) is 4.98 Å². The highest BCUT2D eigenvalue weighted by Crippen LogP contribution is 2.23. The molecule has 0 saturated heterocycles. The van der Waals surface area contributed by atoms with Gasteiger partial charge in [-0.1, -0.05) is 25.1 Å². The van der Waals surface area contributed by atoms with Crippen LogP contribution in [0.15, 0.2) is 24.3 Å². The summed E-state index contributed by atoms with van der Waals surface area (Å²) in [5, 5.41) is 1.15. The van der Waals surface area contributed by atoms with E-state index in [0.29, 0.717) is 6.61 Å². The molecule has 0 atom stereocenters. The van der Waals surface area contributed by atoms with E-state index in [4.69, 9.17) is 10.6 Å². The van der Waals surface area contributed by atoms with E-state index >= 15 is 0 Å². The van der Waals surface area contributed by atoms with Crippen molar-refractivity contribution in [2.45, 2.75) is 19.8 Å². The molecule has 1 aromatic heterocycles. The van der Waals surface area contributed by atoms with Crippen molar-refractivity contribution in [2.24, 2.45) is 5.84 Å². The number of rotatable bonds is 5. The van der Waals surface area contributed by atoms with Gasteiger partial charge in [0.15, 0.2) is 0 Å². The Morgan fingerprint density at radius 3 is 2.83 bits per heavy atom. The number of benzene rings is 1. The number of hydrogen-bond donors (Lipinski definition) is 2. The van der Waals surface area contributed by atoms with Crippen molar-refractivity contribution < 1.29 is 4.74 Å². The molecule has 0 spiro atoms. The number of aryl methyl sites for hydroxylation is 1. The molecule has 4 nitrogen and oxygen atoms in total. The summed E-state index contributed by atoms with van der Waals surface area (Å²) in [6, 6.07) is 8.37. The summed E-state index contributed by atoms with van der Waals surface area (Å²) in [5.74, 6) is 6.29. The van der Waals surface area contributed by atoms with Crippen molar-refractivity contribution in [3.8, 4) is 0 Å². The highest BCUT2D eigenvalue weighted by Gasteiger charge is 2.07. The Balaban J connectivity index is 2.54. The average Bonchev–Trinajstić information content (AvgIpc) is 2.43. The van der Waals surface area contributed by atoms with Crippen LogP contribution >= 0.6 is 0 Å². The van der Waals surface area contributed by atoms with Gasteiger partial charge >= 0.3 is 0 Å². The van der Waals surface area contributed by atoms with Gasteiger partial charge < -0.3 is 10.2 Å². The van der Waals surface area contributed by atoms with Crippen LogP contribution in [0.25, 0.3) is 10.9 Å². The van der Waals surface area contributed by atoms with Gasteiger partial charge in [0.05, 0.1) is 12.1 Å². The number of fused-ring (bicyclic) bond motifs is 1. The summed E-state index contributed by atoms with van der Waals surface area (Å²) in [6.07, 6.45) is 1.76. The van der Waals surface area contributed by atoms with Crippen molar-refractivity contribution in [3.63, 3.8) is 0 Å². The fourth-order valence-electron chi connectivity index (χ4n) is 2.11. The minimum absolute atomic E-state index is 0.696. The lowest BCUT2D eigenvalue weighted by Gasteiger charge is -2.11. The van der Waals surface area contributed by atoms with E-state index in [-0.39, 0.29) is 0 Å². The predicted octanol–water partition coefficient (Wildman–Crippen LogP) is 2.27. The summed E-state index contributed by atoms with van der Waals surface area (Å²) in [4.78, 5) is 4.63. The third kappa shape index (κ3) is 2.44. The van der Waals surface area contributed by atoms with E-state index in [2.05, 4.69) is 41.6 Å². The summed E-state index contributed by atoms with van der Waals surface area (Å²) < 4.78 is 5.13. The van der Waals surface area contributed by atoms with Crippen molar-refractivity contribution in [1.29, 1.82) is 0 Å². The fourth-order valence-corrected chi connectivity index (χ4v) is 2.11. The van der Waals surface area contributed by atoms with E-state index in [9.17, 15) is 0 Å². The second kappa shape index (κ2) is 5.80. The van der Waals surface area contributed by atoms with Gasteiger partial charge in [0.1, 0.15) is 5.82 Å². The molecule has 0 aliphatic carbocycles. The molecular formula is C14H19N3O. The van der Waals surface area contributed by atoms with Crippen LogP contribution in [0.2, 0.25) is 0 Å². The Labute approximate surface area is 107 Å². The van der Waals surface area contributed by atoms with E-state index < -0.39 is 0 Å². The minimum atomic E-state index is 0.696. The first-order valence-electron chi connectivity index (χ1n) is 6.17. The van der Waals surface area contributed by atoms with Crippen molar-refractivity contribution in [2.75, 3.05) is 19.1 Å². The van der Waals surface area contributed by atoms with Crippen LogP contribution in [-0.4, -0.2) is 18.7 Å².